The second kappa shape index (κ2) is 12.5. The Morgan fingerprint density at radius 3 is 2.41 bits per heavy atom. The third kappa shape index (κ3) is 7.47. The molecule has 9 nitrogen and oxygen atoms in total. The van der Waals surface area contributed by atoms with Crippen molar-refractivity contribution in [3.8, 4) is 0 Å². The minimum atomic E-state index is -5.08. The minimum Gasteiger partial charge on any atom is -0.475 e. The van der Waals surface area contributed by atoms with Crippen LogP contribution in [0.5, 0.6) is 0 Å². The highest BCUT2D eigenvalue weighted by atomic mass is 19.4. The summed E-state index contributed by atoms with van der Waals surface area (Å²) in [7, 11) is 0. The summed E-state index contributed by atoms with van der Waals surface area (Å²) in [5.41, 5.74) is 5.09. The molecule has 2 aromatic heterocycles. The summed E-state index contributed by atoms with van der Waals surface area (Å²) in [4.78, 5) is 22.7. The zero-order valence-electron chi connectivity index (χ0n) is 22.0. The first-order valence-corrected chi connectivity index (χ1v) is 12.9. The van der Waals surface area contributed by atoms with Crippen LogP contribution in [0.3, 0.4) is 0 Å². The molecule has 39 heavy (non-hydrogen) atoms. The first kappa shape index (κ1) is 28.3. The number of rotatable bonds is 7. The molecule has 0 radical (unpaired) electrons. The molecule has 210 valence electrons. The molecule has 0 bridgehead atoms. The molecular weight excluding hydrogens is 513 g/mol. The SMILES string of the molecule is Cc1noc(C)c1CN1CCN(c2cc(NCc3ccccc3C3CCC3)ncn2)CC1.O=C(O)C(F)(F)F. The Morgan fingerprint density at radius 2 is 1.82 bits per heavy atom. The molecule has 2 aliphatic rings. The fraction of sp³-hybridized carbons (Fsp3) is 0.481. The molecule has 2 N–H and O–H groups in total. The Bertz CT molecular complexity index is 1230. The predicted molar refractivity (Wildman–Crippen MR) is 140 cm³/mol. The van der Waals surface area contributed by atoms with Crippen molar-refractivity contribution in [1.29, 1.82) is 0 Å². The van der Waals surface area contributed by atoms with Gasteiger partial charge < -0.3 is 19.8 Å². The standard InChI is InChI=1S/C25H32N6O.C2HF3O2/c1-18-23(19(2)32-29-18)16-30-10-12-31(13-11-30)25-14-24(27-17-28-25)26-15-21-6-3-4-9-22(21)20-7-5-8-20;3-2(4,5)1(6)7/h3-4,6,9,14,17,20H,5,7-8,10-13,15-16H2,1-2H3,(H,26,27,28);(H,6,7). The van der Waals surface area contributed by atoms with Crippen molar-refractivity contribution in [2.45, 2.75) is 58.3 Å². The number of piperazine rings is 1. The van der Waals surface area contributed by atoms with Gasteiger partial charge in [-0.1, -0.05) is 35.8 Å². The van der Waals surface area contributed by atoms with Gasteiger partial charge in [-0.3, -0.25) is 4.90 Å². The van der Waals surface area contributed by atoms with Gasteiger partial charge in [0, 0.05) is 50.9 Å². The van der Waals surface area contributed by atoms with E-state index in [1.807, 2.05) is 13.8 Å². The van der Waals surface area contributed by atoms with E-state index in [0.717, 1.165) is 68.3 Å². The molecule has 12 heteroatoms. The van der Waals surface area contributed by atoms with Gasteiger partial charge in [0.1, 0.15) is 23.7 Å². The van der Waals surface area contributed by atoms with Crippen LogP contribution in [0.1, 0.15) is 53.3 Å². The highest BCUT2D eigenvalue weighted by Crippen LogP contribution is 2.38. The van der Waals surface area contributed by atoms with Gasteiger partial charge in [-0.05, 0) is 43.7 Å². The molecule has 0 atom stereocenters. The normalized spacial score (nSPS) is 16.3. The van der Waals surface area contributed by atoms with Crippen molar-refractivity contribution >= 4 is 17.6 Å². The lowest BCUT2D eigenvalue weighted by molar-refractivity contribution is -0.192. The predicted octanol–water partition coefficient (Wildman–Crippen LogP) is 4.92. The molecule has 1 saturated carbocycles. The number of benzene rings is 1. The molecular formula is C27H33F3N6O3. The van der Waals surface area contributed by atoms with Gasteiger partial charge in [-0.2, -0.15) is 13.2 Å². The number of hydrogen-bond acceptors (Lipinski definition) is 8. The van der Waals surface area contributed by atoms with Crippen molar-refractivity contribution in [3.63, 3.8) is 0 Å². The zero-order valence-corrected chi connectivity index (χ0v) is 22.0. The summed E-state index contributed by atoms with van der Waals surface area (Å²) in [5.74, 6) is 0.779. The highest BCUT2D eigenvalue weighted by molar-refractivity contribution is 5.73. The molecule has 0 spiro atoms. The van der Waals surface area contributed by atoms with Crippen LogP contribution in [0, 0.1) is 13.8 Å². The van der Waals surface area contributed by atoms with E-state index in [4.69, 9.17) is 14.4 Å². The van der Waals surface area contributed by atoms with Crippen LogP contribution in [-0.4, -0.2) is 63.5 Å². The van der Waals surface area contributed by atoms with Crippen LogP contribution in [0.2, 0.25) is 0 Å². The number of halogens is 3. The third-order valence-corrected chi connectivity index (χ3v) is 7.21. The fourth-order valence-corrected chi connectivity index (χ4v) is 4.70. The van der Waals surface area contributed by atoms with Gasteiger partial charge >= 0.3 is 12.1 Å². The Labute approximate surface area is 225 Å². The maximum atomic E-state index is 10.6. The molecule has 1 aromatic carbocycles. The molecule has 0 unspecified atom stereocenters. The van der Waals surface area contributed by atoms with E-state index in [0.29, 0.717) is 0 Å². The number of alkyl halides is 3. The fourth-order valence-electron chi connectivity index (χ4n) is 4.70. The Kier molecular flexibility index (Phi) is 9.05. The highest BCUT2D eigenvalue weighted by Gasteiger charge is 2.38. The van der Waals surface area contributed by atoms with E-state index in [9.17, 15) is 13.2 Å². The van der Waals surface area contributed by atoms with Gasteiger partial charge in [0.15, 0.2) is 0 Å². The second-order valence-corrected chi connectivity index (χ2v) is 9.81. The smallest absolute Gasteiger partial charge is 0.475 e. The molecule has 2 fully saturated rings. The first-order chi connectivity index (χ1) is 18.6. The van der Waals surface area contributed by atoms with Crippen LogP contribution in [-0.2, 0) is 17.9 Å². The maximum absolute atomic E-state index is 10.6. The van der Waals surface area contributed by atoms with E-state index in [-0.39, 0.29) is 0 Å². The largest absolute Gasteiger partial charge is 0.490 e. The van der Waals surface area contributed by atoms with Gasteiger partial charge in [-0.15, -0.1) is 0 Å². The van der Waals surface area contributed by atoms with Crippen molar-refractivity contribution in [2.24, 2.45) is 0 Å². The van der Waals surface area contributed by atoms with Crippen molar-refractivity contribution in [2.75, 3.05) is 36.4 Å². The molecule has 1 aliphatic carbocycles. The Hall–Kier alpha value is -3.67. The Morgan fingerprint density at radius 1 is 1.13 bits per heavy atom. The van der Waals surface area contributed by atoms with Gasteiger partial charge in [0.25, 0.3) is 0 Å². The Balaban J connectivity index is 0.000000448. The summed E-state index contributed by atoms with van der Waals surface area (Å²) >= 11 is 0. The quantitative estimate of drug-likeness (QED) is 0.427. The number of carboxylic acid groups (broad SMARTS) is 1. The lowest BCUT2D eigenvalue weighted by Crippen LogP contribution is -2.46. The van der Waals surface area contributed by atoms with Crippen molar-refractivity contribution in [3.05, 3.63) is 64.8 Å². The number of nitrogens with one attached hydrogen (secondary N) is 1. The van der Waals surface area contributed by atoms with Crippen LogP contribution in [0.25, 0.3) is 0 Å². The van der Waals surface area contributed by atoms with Gasteiger partial charge in [0.05, 0.1) is 5.69 Å². The number of nitrogens with zero attached hydrogens (tertiary/aromatic N) is 5. The summed E-state index contributed by atoms with van der Waals surface area (Å²) in [6.07, 6.45) is 0.576. The average molecular weight is 547 g/mol. The second-order valence-electron chi connectivity index (χ2n) is 9.81. The minimum absolute atomic E-state index is 0.732. The molecule has 1 saturated heterocycles. The lowest BCUT2D eigenvalue weighted by atomic mass is 9.78. The number of carboxylic acids is 1. The number of hydrogen-bond donors (Lipinski definition) is 2. The van der Waals surface area contributed by atoms with E-state index in [1.54, 1.807) is 6.33 Å². The molecule has 3 aromatic rings. The van der Waals surface area contributed by atoms with E-state index < -0.39 is 12.1 Å². The van der Waals surface area contributed by atoms with Crippen LogP contribution < -0.4 is 10.2 Å². The van der Waals surface area contributed by atoms with Crippen LogP contribution in [0.4, 0.5) is 24.8 Å². The van der Waals surface area contributed by atoms with Crippen molar-refractivity contribution < 1.29 is 27.6 Å². The number of carbonyl (C=O) groups is 1. The first-order valence-electron chi connectivity index (χ1n) is 12.9. The number of aliphatic carboxylic acids is 1. The number of aromatic nitrogens is 3. The summed E-state index contributed by atoms with van der Waals surface area (Å²) < 4.78 is 37.1. The average Bonchev–Trinajstić information content (AvgIpc) is 3.20. The van der Waals surface area contributed by atoms with Gasteiger partial charge in [-0.25, -0.2) is 14.8 Å². The molecule has 1 aliphatic heterocycles. The van der Waals surface area contributed by atoms with Crippen molar-refractivity contribution in [1.82, 2.24) is 20.0 Å². The monoisotopic (exact) mass is 546 g/mol. The van der Waals surface area contributed by atoms with Crippen LogP contribution in [0.15, 0.2) is 41.2 Å². The lowest BCUT2D eigenvalue weighted by Gasteiger charge is -2.35. The van der Waals surface area contributed by atoms with E-state index in [2.05, 4.69) is 60.6 Å². The molecule has 3 heterocycles. The molecule has 0 amide bonds. The van der Waals surface area contributed by atoms with Gasteiger partial charge in [0.2, 0.25) is 0 Å². The summed E-state index contributed by atoms with van der Waals surface area (Å²) in [6, 6.07) is 10.9. The topological polar surface area (TPSA) is 108 Å². The maximum Gasteiger partial charge on any atom is 0.490 e. The summed E-state index contributed by atoms with van der Waals surface area (Å²) in [5, 5.41) is 14.7. The molecule has 5 rings (SSSR count). The zero-order chi connectivity index (χ0) is 28.0. The number of anilines is 2. The summed E-state index contributed by atoms with van der Waals surface area (Å²) in [6.45, 7) is 9.58. The van der Waals surface area contributed by atoms with E-state index >= 15 is 0 Å². The number of aryl methyl sites for hydroxylation is 2. The van der Waals surface area contributed by atoms with E-state index in [1.165, 1.54) is 36.0 Å². The van der Waals surface area contributed by atoms with Crippen LogP contribution >= 0.6 is 0 Å². The third-order valence-electron chi connectivity index (χ3n) is 7.21.